The summed E-state index contributed by atoms with van der Waals surface area (Å²) in [7, 11) is 0. The molecule has 4 rings (SSSR count). The molecular weight excluding hydrogens is 404 g/mol. The Balaban J connectivity index is 0.000000182. The third kappa shape index (κ3) is 7.56. The monoisotopic (exact) mass is 438 g/mol. The number of hydrogen-bond acceptors (Lipinski definition) is 5. The van der Waals surface area contributed by atoms with Gasteiger partial charge in [0.05, 0.1) is 6.61 Å². The zero-order valence-corrected chi connectivity index (χ0v) is 19.2. The first-order valence-electron chi connectivity index (χ1n) is 11.2. The summed E-state index contributed by atoms with van der Waals surface area (Å²) in [5.41, 5.74) is 1.42. The molecule has 5 nitrogen and oxygen atoms in total. The van der Waals surface area contributed by atoms with Crippen molar-refractivity contribution in [2.75, 3.05) is 6.61 Å². The van der Waals surface area contributed by atoms with Gasteiger partial charge in [-0.2, -0.15) is 0 Å². The molecule has 1 aliphatic heterocycles. The van der Waals surface area contributed by atoms with E-state index in [9.17, 15) is 14.7 Å². The van der Waals surface area contributed by atoms with E-state index in [2.05, 4.69) is 24.8 Å². The highest BCUT2D eigenvalue weighted by Gasteiger charge is 2.35. The summed E-state index contributed by atoms with van der Waals surface area (Å²) < 4.78 is 9.98. The molecule has 0 bridgehead atoms. The van der Waals surface area contributed by atoms with Crippen molar-refractivity contribution < 1.29 is 24.2 Å². The van der Waals surface area contributed by atoms with Crippen molar-refractivity contribution in [3.63, 3.8) is 0 Å². The average molecular weight is 439 g/mol. The van der Waals surface area contributed by atoms with Crippen LogP contribution >= 0.6 is 0 Å². The second-order valence-corrected chi connectivity index (χ2v) is 8.23. The minimum atomic E-state index is -0.233. The van der Waals surface area contributed by atoms with Crippen LogP contribution in [0.5, 0.6) is 5.75 Å². The smallest absolute Gasteiger partial charge is 0.333 e. The molecular formula is C27H34O5. The average Bonchev–Trinajstić information content (AvgIpc) is 3.46. The molecule has 0 spiro atoms. The number of carbonyl (C=O) groups excluding carboxylic acids is 2. The molecule has 172 valence electrons. The first kappa shape index (κ1) is 25.2. The minimum Gasteiger partial charge on any atom is -0.508 e. The topological polar surface area (TPSA) is 72.8 Å². The van der Waals surface area contributed by atoms with E-state index in [4.69, 9.17) is 4.74 Å². The molecule has 2 aromatic carbocycles. The molecule has 5 heteroatoms. The second kappa shape index (κ2) is 12.1. The lowest BCUT2D eigenvalue weighted by molar-refractivity contribution is -0.154. The fourth-order valence-electron chi connectivity index (χ4n) is 3.68. The maximum Gasteiger partial charge on any atom is 0.333 e. The van der Waals surface area contributed by atoms with Crippen LogP contribution in [-0.2, 0) is 19.1 Å². The van der Waals surface area contributed by atoms with E-state index in [0.717, 1.165) is 42.0 Å². The van der Waals surface area contributed by atoms with Gasteiger partial charge in [-0.25, -0.2) is 4.79 Å². The second-order valence-electron chi connectivity index (χ2n) is 8.23. The molecule has 1 N–H and O–H groups in total. The van der Waals surface area contributed by atoms with E-state index in [1.807, 2.05) is 30.3 Å². The number of phenolic OH excluding ortho intramolecular Hbond substituents is 1. The predicted molar refractivity (Wildman–Crippen MR) is 128 cm³/mol. The minimum absolute atomic E-state index is 0.0463. The van der Waals surface area contributed by atoms with Crippen molar-refractivity contribution in [1.29, 1.82) is 0 Å². The van der Waals surface area contributed by atoms with Crippen LogP contribution in [0.4, 0.5) is 0 Å². The van der Waals surface area contributed by atoms with Crippen LogP contribution in [-0.4, -0.2) is 29.3 Å². The van der Waals surface area contributed by atoms with Gasteiger partial charge in [0, 0.05) is 12.0 Å². The number of aromatic hydroxyl groups is 1. The normalized spacial score (nSPS) is 16.1. The summed E-state index contributed by atoms with van der Waals surface area (Å²) in [6, 6.07) is 11.3. The predicted octanol–water partition coefficient (Wildman–Crippen LogP) is 6.34. The molecule has 1 saturated heterocycles. The van der Waals surface area contributed by atoms with Crippen molar-refractivity contribution in [3.8, 4) is 5.75 Å². The molecule has 2 aromatic rings. The van der Waals surface area contributed by atoms with E-state index >= 15 is 0 Å². The van der Waals surface area contributed by atoms with Gasteiger partial charge < -0.3 is 14.6 Å². The third-order valence-corrected chi connectivity index (χ3v) is 5.69. The van der Waals surface area contributed by atoms with Crippen molar-refractivity contribution in [2.24, 2.45) is 0 Å². The number of phenols is 1. The Morgan fingerprint density at radius 1 is 1.16 bits per heavy atom. The fourth-order valence-corrected chi connectivity index (χ4v) is 3.68. The van der Waals surface area contributed by atoms with E-state index in [1.54, 1.807) is 19.1 Å². The molecule has 0 atom stereocenters. The van der Waals surface area contributed by atoms with Gasteiger partial charge in [-0.15, -0.1) is 0 Å². The third-order valence-electron chi connectivity index (χ3n) is 5.69. The van der Waals surface area contributed by atoms with Crippen LogP contribution in [0.25, 0.3) is 16.8 Å². The standard InChI is InChI=1S/C12H10O.C11H18O2.C4H6O2/c1-2-9-3-4-11-8-12(13)6-5-10(11)7-9;1-4-11(7-5-6-8-11)13-10(12)9(2)3;5-4-2-1-3-6-4/h2-8,13H,1H2;2,4-8H2,1,3H3;1-3H2. The zero-order chi connectivity index (χ0) is 23.6. The molecule has 2 aliphatic rings. The Morgan fingerprint density at radius 3 is 2.31 bits per heavy atom. The Bertz CT molecular complexity index is 946. The highest BCUT2D eigenvalue weighted by Crippen LogP contribution is 2.36. The summed E-state index contributed by atoms with van der Waals surface area (Å²) >= 11 is 0. The van der Waals surface area contributed by atoms with Gasteiger partial charge in [-0.3, -0.25) is 4.79 Å². The van der Waals surface area contributed by atoms with Gasteiger partial charge in [0.2, 0.25) is 0 Å². The van der Waals surface area contributed by atoms with Gasteiger partial charge in [-0.1, -0.05) is 44.4 Å². The molecule has 0 unspecified atom stereocenters. The number of carbonyl (C=O) groups is 2. The van der Waals surface area contributed by atoms with Gasteiger partial charge >= 0.3 is 11.9 Å². The zero-order valence-electron chi connectivity index (χ0n) is 19.2. The lowest BCUT2D eigenvalue weighted by atomic mass is 9.99. The summed E-state index contributed by atoms with van der Waals surface area (Å²) in [6.07, 6.45) is 8.66. The van der Waals surface area contributed by atoms with Gasteiger partial charge in [-0.05, 0) is 80.0 Å². The van der Waals surface area contributed by atoms with Crippen LogP contribution in [0.1, 0.15) is 64.4 Å². The van der Waals surface area contributed by atoms with E-state index < -0.39 is 0 Å². The number of esters is 2. The van der Waals surface area contributed by atoms with Crippen LogP contribution in [0.15, 0.2) is 55.1 Å². The van der Waals surface area contributed by atoms with E-state index in [-0.39, 0.29) is 17.5 Å². The van der Waals surface area contributed by atoms with Crippen LogP contribution in [0.2, 0.25) is 0 Å². The molecule has 2 fully saturated rings. The maximum atomic E-state index is 11.3. The highest BCUT2D eigenvalue weighted by atomic mass is 16.6. The Hall–Kier alpha value is -3.08. The number of cyclic esters (lactones) is 1. The Kier molecular flexibility index (Phi) is 9.51. The highest BCUT2D eigenvalue weighted by molar-refractivity contribution is 5.87. The summed E-state index contributed by atoms with van der Waals surface area (Å²) in [5.74, 6) is 0.0256. The van der Waals surface area contributed by atoms with Crippen molar-refractivity contribution in [1.82, 2.24) is 0 Å². The molecule has 0 radical (unpaired) electrons. The number of hydrogen-bond donors (Lipinski definition) is 1. The summed E-state index contributed by atoms with van der Waals surface area (Å²) in [6.45, 7) is 11.7. The Labute approximate surface area is 190 Å². The molecule has 0 amide bonds. The molecule has 1 aliphatic carbocycles. The van der Waals surface area contributed by atoms with Gasteiger partial charge in [0.25, 0.3) is 0 Å². The Morgan fingerprint density at radius 2 is 1.81 bits per heavy atom. The van der Waals surface area contributed by atoms with Gasteiger partial charge in [0.15, 0.2) is 0 Å². The van der Waals surface area contributed by atoms with Crippen molar-refractivity contribution in [2.45, 2.75) is 64.4 Å². The van der Waals surface area contributed by atoms with Gasteiger partial charge in [0.1, 0.15) is 11.4 Å². The summed E-state index contributed by atoms with van der Waals surface area (Å²) in [4.78, 5) is 21.4. The summed E-state index contributed by atoms with van der Waals surface area (Å²) in [5, 5.41) is 11.4. The van der Waals surface area contributed by atoms with E-state index in [1.165, 1.54) is 12.8 Å². The van der Waals surface area contributed by atoms with Crippen molar-refractivity contribution >= 4 is 28.8 Å². The molecule has 1 heterocycles. The largest absolute Gasteiger partial charge is 0.508 e. The first-order valence-corrected chi connectivity index (χ1v) is 11.2. The number of benzene rings is 2. The van der Waals surface area contributed by atoms with Crippen LogP contribution < -0.4 is 0 Å². The quantitative estimate of drug-likeness (QED) is 0.445. The lowest BCUT2D eigenvalue weighted by Gasteiger charge is -2.27. The maximum absolute atomic E-state index is 11.3. The SMILES string of the molecule is C=C(C)C(=O)OC1(CC)CCCC1.C=Cc1ccc2cc(O)ccc2c1.O=C1CCCO1. The lowest BCUT2D eigenvalue weighted by Crippen LogP contribution is -2.31. The van der Waals surface area contributed by atoms with Crippen LogP contribution in [0.3, 0.4) is 0 Å². The van der Waals surface area contributed by atoms with E-state index in [0.29, 0.717) is 24.4 Å². The van der Waals surface area contributed by atoms with Crippen molar-refractivity contribution in [3.05, 3.63) is 60.7 Å². The molecule has 0 aromatic heterocycles. The molecule has 1 saturated carbocycles. The fraction of sp³-hybridized carbons (Fsp3) is 0.407. The molecule has 32 heavy (non-hydrogen) atoms. The number of ether oxygens (including phenoxy) is 2. The van der Waals surface area contributed by atoms with Crippen LogP contribution in [0, 0.1) is 0 Å². The number of fused-ring (bicyclic) bond motifs is 1. The number of rotatable bonds is 4. The first-order chi connectivity index (χ1) is 15.3.